The van der Waals surface area contributed by atoms with Gasteiger partial charge in [0.05, 0.1) is 6.07 Å². The van der Waals surface area contributed by atoms with E-state index in [0.29, 0.717) is 6.61 Å². The molecule has 1 aromatic rings. The topological polar surface area (TPSA) is 45.0 Å². The second-order valence-electron chi connectivity index (χ2n) is 6.70. The van der Waals surface area contributed by atoms with E-state index in [-0.39, 0.29) is 5.41 Å². The Hall–Kier alpha value is -1.53. The standard InChI is InChI=1S/C18H28N2O/c1-7-14-9-10-16(15(11-14)17(3,4)5)21-13-18(6,12-19)20-8-2/h9-11,20H,7-8,13H2,1-6H3. The van der Waals surface area contributed by atoms with Gasteiger partial charge < -0.3 is 4.74 Å². The lowest BCUT2D eigenvalue weighted by atomic mass is 9.85. The highest BCUT2D eigenvalue weighted by Crippen LogP contribution is 2.32. The Morgan fingerprint density at radius 2 is 1.86 bits per heavy atom. The second-order valence-corrected chi connectivity index (χ2v) is 6.70. The summed E-state index contributed by atoms with van der Waals surface area (Å²) in [4.78, 5) is 0. The van der Waals surface area contributed by atoms with Gasteiger partial charge in [0.2, 0.25) is 0 Å². The van der Waals surface area contributed by atoms with E-state index in [9.17, 15) is 5.26 Å². The molecule has 0 fully saturated rings. The largest absolute Gasteiger partial charge is 0.490 e. The molecule has 1 aromatic carbocycles. The molecule has 21 heavy (non-hydrogen) atoms. The van der Waals surface area contributed by atoms with Gasteiger partial charge in [-0.05, 0) is 42.5 Å². The van der Waals surface area contributed by atoms with Crippen molar-refractivity contribution in [1.29, 1.82) is 5.26 Å². The van der Waals surface area contributed by atoms with E-state index in [2.05, 4.69) is 51.2 Å². The van der Waals surface area contributed by atoms with Gasteiger partial charge in [0.25, 0.3) is 0 Å². The molecule has 0 aliphatic carbocycles. The second kappa shape index (κ2) is 6.95. The van der Waals surface area contributed by atoms with E-state index >= 15 is 0 Å². The number of likely N-dealkylation sites (N-methyl/N-ethyl adjacent to an activating group) is 1. The average molecular weight is 288 g/mol. The van der Waals surface area contributed by atoms with Crippen molar-refractivity contribution in [3.8, 4) is 11.8 Å². The number of ether oxygens (including phenoxy) is 1. The molecule has 1 atom stereocenters. The molecule has 0 saturated heterocycles. The van der Waals surface area contributed by atoms with Crippen LogP contribution < -0.4 is 10.1 Å². The molecule has 0 aromatic heterocycles. The highest BCUT2D eigenvalue weighted by atomic mass is 16.5. The predicted octanol–water partition coefficient (Wildman–Crippen LogP) is 3.82. The van der Waals surface area contributed by atoms with Gasteiger partial charge >= 0.3 is 0 Å². The van der Waals surface area contributed by atoms with E-state index in [1.807, 2.05) is 19.9 Å². The zero-order valence-electron chi connectivity index (χ0n) is 14.2. The molecule has 0 aliphatic rings. The summed E-state index contributed by atoms with van der Waals surface area (Å²) in [6.07, 6.45) is 1.01. The molecule has 3 heteroatoms. The summed E-state index contributed by atoms with van der Waals surface area (Å²) < 4.78 is 5.99. The molecule has 0 aliphatic heterocycles. The van der Waals surface area contributed by atoms with E-state index in [0.717, 1.165) is 18.7 Å². The zero-order valence-corrected chi connectivity index (χ0v) is 14.2. The smallest absolute Gasteiger partial charge is 0.138 e. The van der Waals surface area contributed by atoms with Crippen molar-refractivity contribution in [2.24, 2.45) is 0 Å². The number of rotatable bonds is 6. The van der Waals surface area contributed by atoms with Gasteiger partial charge in [-0.1, -0.05) is 46.8 Å². The van der Waals surface area contributed by atoms with Crippen molar-refractivity contribution in [2.75, 3.05) is 13.2 Å². The van der Waals surface area contributed by atoms with Crippen LogP contribution in [0.4, 0.5) is 0 Å². The fourth-order valence-corrected chi connectivity index (χ4v) is 2.24. The van der Waals surface area contributed by atoms with Crippen LogP contribution in [-0.2, 0) is 11.8 Å². The summed E-state index contributed by atoms with van der Waals surface area (Å²) in [6, 6.07) is 8.64. The third-order valence-corrected chi connectivity index (χ3v) is 3.59. The molecule has 3 nitrogen and oxygen atoms in total. The van der Waals surface area contributed by atoms with Crippen molar-refractivity contribution in [2.45, 2.75) is 58.9 Å². The van der Waals surface area contributed by atoms with Crippen molar-refractivity contribution < 1.29 is 4.74 Å². The van der Waals surface area contributed by atoms with Crippen molar-refractivity contribution >= 4 is 0 Å². The van der Waals surface area contributed by atoms with E-state index in [1.54, 1.807) is 0 Å². The number of aryl methyl sites for hydroxylation is 1. The van der Waals surface area contributed by atoms with E-state index in [4.69, 9.17) is 4.74 Å². The van der Waals surface area contributed by atoms with Gasteiger partial charge in [-0.2, -0.15) is 5.26 Å². The molecule has 0 amide bonds. The summed E-state index contributed by atoms with van der Waals surface area (Å²) in [5, 5.41) is 12.5. The Labute approximate surface area is 129 Å². The van der Waals surface area contributed by atoms with Crippen LogP contribution >= 0.6 is 0 Å². The summed E-state index contributed by atoms with van der Waals surface area (Å²) in [5.74, 6) is 0.874. The summed E-state index contributed by atoms with van der Waals surface area (Å²) >= 11 is 0. The number of nitrogens with one attached hydrogen (secondary N) is 1. The molecule has 0 bridgehead atoms. The molecule has 0 spiro atoms. The Bertz CT molecular complexity index is 511. The first kappa shape index (κ1) is 17.5. The molecule has 1 rings (SSSR count). The van der Waals surface area contributed by atoms with Gasteiger partial charge in [-0.3, -0.25) is 5.32 Å². The number of hydrogen-bond acceptors (Lipinski definition) is 3. The van der Waals surface area contributed by atoms with Crippen LogP contribution in [0.2, 0.25) is 0 Å². The number of hydrogen-bond donors (Lipinski definition) is 1. The van der Waals surface area contributed by atoms with Crippen molar-refractivity contribution in [1.82, 2.24) is 5.32 Å². The fraction of sp³-hybridized carbons (Fsp3) is 0.611. The third kappa shape index (κ3) is 4.75. The zero-order chi connectivity index (χ0) is 16.1. The molecular weight excluding hydrogens is 260 g/mol. The highest BCUT2D eigenvalue weighted by molar-refractivity contribution is 5.41. The van der Waals surface area contributed by atoms with Gasteiger partial charge in [0.1, 0.15) is 17.9 Å². The predicted molar refractivity (Wildman–Crippen MR) is 87.7 cm³/mol. The third-order valence-electron chi connectivity index (χ3n) is 3.59. The SMILES string of the molecule is CCNC(C)(C#N)COc1ccc(CC)cc1C(C)(C)C. The molecule has 116 valence electrons. The Balaban J connectivity index is 3.01. The summed E-state index contributed by atoms with van der Waals surface area (Å²) in [6.45, 7) is 13.6. The minimum absolute atomic E-state index is 0.0156. The summed E-state index contributed by atoms with van der Waals surface area (Å²) in [5.41, 5.74) is 1.86. The Morgan fingerprint density at radius 3 is 2.33 bits per heavy atom. The van der Waals surface area contributed by atoms with Crippen LogP contribution in [-0.4, -0.2) is 18.7 Å². The maximum absolute atomic E-state index is 9.31. The first-order valence-corrected chi connectivity index (χ1v) is 7.68. The molecule has 0 heterocycles. The molecule has 0 saturated carbocycles. The normalized spacial score (nSPS) is 14.3. The lowest BCUT2D eigenvalue weighted by Crippen LogP contribution is -2.46. The molecule has 1 unspecified atom stereocenters. The first-order chi connectivity index (χ1) is 9.75. The average Bonchev–Trinajstić information content (AvgIpc) is 2.44. The van der Waals surface area contributed by atoms with Crippen molar-refractivity contribution in [3.63, 3.8) is 0 Å². The first-order valence-electron chi connectivity index (χ1n) is 7.68. The minimum atomic E-state index is -0.659. The van der Waals surface area contributed by atoms with Crippen LogP contribution in [0.1, 0.15) is 52.7 Å². The molecule has 0 radical (unpaired) electrons. The van der Waals surface area contributed by atoms with Gasteiger partial charge in [0, 0.05) is 0 Å². The quantitative estimate of drug-likeness (QED) is 0.865. The lowest BCUT2D eigenvalue weighted by Gasteiger charge is -2.27. The lowest BCUT2D eigenvalue weighted by molar-refractivity contribution is 0.232. The number of nitrogens with zero attached hydrogens (tertiary/aromatic N) is 1. The summed E-state index contributed by atoms with van der Waals surface area (Å²) in [7, 11) is 0. The Morgan fingerprint density at radius 1 is 1.19 bits per heavy atom. The van der Waals surface area contributed by atoms with Crippen LogP contribution in [0.15, 0.2) is 18.2 Å². The molecular formula is C18H28N2O. The molecule has 1 N–H and O–H groups in total. The van der Waals surface area contributed by atoms with E-state index < -0.39 is 5.54 Å². The van der Waals surface area contributed by atoms with E-state index in [1.165, 1.54) is 11.1 Å². The highest BCUT2D eigenvalue weighted by Gasteiger charge is 2.25. The van der Waals surface area contributed by atoms with Crippen LogP contribution in [0, 0.1) is 11.3 Å². The van der Waals surface area contributed by atoms with Crippen molar-refractivity contribution in [3.05, 3.63) is 29.3 Å². The van der Waals surface area contributed by atoms with Crippen LogP contribution in [0.25, 0.3) is 0 Å². The fourth-order valence-electron chi connectivity index (χ4n) is 2.24. The van der Waals surface area contributed by atoms with Crippen LogP contribution in [0.5, 0.6) is 5.75 Å². The van der Waals surface area contributed by atoms with Gasteiger partial charge in [-0.25, -0.2) is 0 Å². The Kier molecular flexibility index (Phi) is 5.80. The maximum atomic E-state index is 9.31. The van der Waals surface area contributed by atoms with Crippen LogP contribution in [0.3, 0.4) is 0 Å². The van der Waals surface area contributed by atoms with Gasteiger partial charge in [0.15, 0.2) is 0 Å². The van der Waals surface area contributed by atoms with Gasteiger partial charge in [-0.15, -0.1) is 0 Å². The monoisotopic (exact) mass is 288 g/mol. The number of benzene rings is 1. The number of nitriles is 1. The maximum Gasteiger partial charge on any atom is 0.138 e. The minimum Gasteiger partial charge on any atom is -0.490 e.